The van der Waals surface area contributed by atoms with Gasteiger partial charge in [-0.05, 0) is 60.4 Å². The number of methoxy groups -OCH3 is 3. The summed E-state index contributed by atoms with van der Waals surface area (Å²) in [6.07, 6.45) is 0.533. The molecule has 0 bridgehead atoms. The zero-order chi connectivity index (χ0) is 17.3. The monoisotopic (exact) mass is 327 g/mol. The van der Waals surface area contributed by atoms with Crippen LogP contribution in [0.15, 0.2) is 30.3 Å². The first-order valence-electron chi connectivity index (χ1n) is 7.77. The number of aryl methyl sites for hydroxylation is 1. The predicted octanol–water partition coefficient (Wildman–Crippen LogP) is 3.30. The third kappa shape index (κ3) is 2.77. The lowest BCUT2D eigenvalue weighted by molar-refractivity contribution is -0.117. The quantitative estimate of drug-likeness (QED) is 0.915. The van der Waals surface area contributed by atoms with E-state index >= 15 is 0 Å². The molecule has 0 fully saturated rings. The van der Waals surface area contributed by atoms with Crippen LogP contribution in [0, 0.1) is 6.92 Å². The Hall–Kier alpha value is -2.69. The van der Waals surface area contributed by atoms with Crippen molar-refractivity contribution in [2.45, 2.75) is 19.3 Å². The minimum absolute atomic E-state index is 0.0115. The van der Waals surface area contributed by atoms with Gasteiger partial charge in [-0.15, -0.1) is 0 Å². The number of nitrogens with one attached hydrogen (secondary N) is 1. The second-order valence-electron chi connectivity index (χ2n) is 5.83. The van der Waals surface area contributed by atoms with Crippen LogP contribution in [0.2, 0.25) is 0 Å². The second kappa shape index (κ2) is 6.43. The average Bonchev–Trinajstić information content (AvgIpc) is 2.88. The first kappa shape index (κ1) is 16.2. The molecule has 1 amide bonds. The highest BCUT2D eigenvalue weighted by atomic mass is 16.5. The molecule has 1 atom stereocenters. The fourth-order valence-corrected chi connectivity index (χ4v) is 3.15. The molecule has 2 aromatic carbocycles. The summed E-state index contributed by atoms with van der Waals surface area (Å²) in [5.74, 6) is 1.98. The lowest BCUT2D eigenvalue weighted by Crippen LogP contribution is -2.14. The standard InChI is InChI=1S/C19H21NO4/c1-11-7-16-14(10-18(11)24-4)15(19(21)20-16)9-12-8-13(22-2)5-6-17(12)23-3/h5-8,10,15H,9H2,1-4H3,(H,20,21). The van der Waals surface area contributed by atoms with Crippen molar-refractivity contribution in [1.82, 2.24) is 0 Å². The van der Waals surface area contributed by atoms with E-state index in [1.807, 2.05) is 37.3 Å². The van der Waals surface area contributed by atoms with Crippen LogP contribution in [0.25, 0.3) is 0 Å². The van der Waals surface area contributed by atoms with Crippen molar-refractivity contribution >= 4 is 11.6 Å². The van der Waals surface area contributed by atoms with Crippen LogP contribution in [0.4, 0.5) is 5.69 Å². The zero-order valence-corrected chi connectivity index (χ0v) is 14.3. The summed E-state index contributed by atoms with van der Waals surface area (Å²) < 4.78 is 16.1. The predicted molar refractivity (Wildman–Crippen MR) is 92.4 cm³/mol. The van der Waals surface area contributed by atoms with Crippen LogP contribution in [0.5, 0.6) is 17.2 Å². The van der Waals surface area contributed by atoms with Crippen molar-refractivity contribution in [1.29, 1.82) is 0 Å². The second-order valence-corrected chi connectivity index (χ2v) is 5.83. The number of amides is 1. The molecular weight excluding hydrogens is 306 g/mol. The van der Waals surface area contributed by atoms with Crippen LogP contribution in [-0.2, 0) is 11.2 Å². The first-order chi connectivity index (χ1) is 11.6. The van der Waals surface area contributed by atoms with E-state index in [0.29, 0.717) is 6.42 Å². The highest BCUT2D eigenvalue weighted by molar-refractivity contribution is 6.03. The smallest absolute Gasteiger partial charge is 0.232 e. The Kier molecular flexibility index (Phi) is 4.34. The number of rotatable bonds is 5. The molecule has 0 aliphatic carbocycles. The molecule has 2 aromatic rings. The lowest BCUT2D eigenvalue weighted by Gasteiger charge is -2.15. The van der Waals surface area contributed by atoms with Gasteiger partial charge in [-0.25, -0.2) is 0 Å². The van der Waals surface area contributed by atoms with Gasteiger partial charge in [0.15, 0.2) is 0 Å². The first-order valence-corrected chi connectivity index (χ1v) is 7.77. The van der Waals surface area contributed by atoms with Crippen molar-refractivity contribution in [2.75, 3.05) is 26.6 Å². The molecule has 5 nitrogen and oxygen atoms in total. The third-order valence-corrected chi connectivity index (χ3v) is 4.43. The van der Waals surface area contributed by atoms with Crippen LogP contribution in [0.3, 0.4) is 0 Å². The van der Waals surface area contributed by atoms with Gasteiger partial charge in [-0.2, -0.15) is 0 Å². The molecule has 1 aliphatic rings. The van der Waals surface area contributed by atoms with Gasteiger partial charge in [0.1, 0.15) is 17.2 Å². The fraction of sp³-hybridized carbons (Fsp3) is 0.316. The lowest BCUT2D eigenvalue weighted by atomic mass is 9.92. The molecule has 126 valence electrons. The Balaban J connectivity index is 1.99. The van der Waals surface area contributed by atoms with Gasteiger partial charge < -0.3 is 19.5 Å². The summed E-state index contributed by atoms with van der Waals surface area (Å²) in [6.45, 7) is 1.96. The maximum Gasteiger partial charge on any atom is 0.232 e. The number of carbonyl (C=O) groups excluding carboxylic acids is 1. The topological polar surface area (TPSA) is 56.8 Å². The highest BCUT2D eigenvalue weighted by Gasteiger charge is 2.32. The van der Waals surface area contributed by atoms with Crippen molar-refractivity contribution in [3.63, 3.8) is 0 Å². The van der Waals surface area contributed by atoms with Gasteiger partial charge >= 0.3 is 0 Å². The highest BCUT2D eigenvalue weighted by Crippen LogP contribution is 2.40. The molecule has 1 heterocycles. The number of ether oxygens (including phenoxy) is 3. The number of hydrogen-bond acceptors (Lipinski definition) is 4. The Morgan fingerprint density at radius 2 is 1.75 bits per heavy atom. The molecule has 3 rings (SSSR count). The van der Waals surface area contributed by atoms with E-state index in [4.69, 9.17) is 14.2 Å². The number of fused-ring (bicyclic) bond motifs is 1. The van der Waals surface area contributed by atoms with Crippen LogP contribution >= 0.6 is 0 Å². The van der Waals surface area contributed by atoms with Gasteiger partial charge in [-0.1, -0.05) is 0 Å². The largest absolute Gasteiger partial charge is 0.497 e. The maximum absolute atomic E-state index is 12.5. The van der Waals surface area contributed by atoms with E-state index in [1.165, 1.54) is 0 Å². The maximum atomic E-state index is 12.5. The summed E-state index contributed by atoms with van der Waals surface area (Å²) in [5.41, 5.74) is 3.73. The van der Waals surface area contributed by atoms with E-state index < -0.39 is 0 Å². The summed E-state index contributed by atoms with van der Waals surface area (Å²) in [5, 5.41) is 2.96. The molecule has 0 saturated carbocycles. The fourth-order valence-electron chi connectivity index (χ4n) is 3.15. The van der Waals surface area contributed by atoms with Crippen molar-refractivity contribution < 1.29 is 19.0 Å². The third-order valence-electron chi connectivity index (χ3n) is 4.43. The number of anilines is 1. The summed E-state index contributed by atoms with van der Waals surface area (Å²) in [4.78, 5) is 12.5. The zero-order valence-electron chi connectivity index (χ0n) is 14.3. The summed E-state index contributed by atoms with van der Waals surface area (Å²) in [6, 6.07) is 9.51. The molecule has 0 spiro atoms. The molecule has 0 saturated heterocycles. The Morgan fingerprint density at radius 1 is 1.00 bits per heavy atom. The molecule has 1 aliphatic heterocycles. The number of carbonyl (C=O) groups is 1. The van der Waals surface area contributed by atoms with Crippen molar-refractivity contribution in [2.24, 2.45) is 0 Å². The summed E-state index contributed by atoms with van der Waals surface area (Å²) in [7, 11) is 4.89. The molecule has 5 heteroatoms. The van der Waals surface area contributed by atoms with Gasteiger partial charge in [-0.3, -0.25) is 4.79 Å². The Labute approximate surface area is 141 Å². The molecule has 1 N–H and O–H groups in total. The number of benzene rings is 2. The summed E-state index contributed by atoms with van der Waals surface area (Å²) >= 11 is 0. The van der Waals surface area contributed by atoms with Crippen LogP contribution < -0.4 is 19.5 Å². The number of hydrogen-bond donors (Lipinski definition) is 1. The van der Waals surface area contributed by atoms with E-state index in [2.05, 4.69) is 5.32 Å². The van der Waals surface area contributed by atoms with E-state index in [9.17, 15) is 4.79 Å². The van der Waals surface area contributed by atoms with Gasteiger partial charge in [0.2, 0.25) is 5.91 Å². The normalized spacial score (nSPS) is 15.7. The van der Waals surface area contributed by atoms with Gasteiger partial charge in [0.05, 0.1) is 27.2 Å². The molecule has 0 radical (unpaired) electrons. The van der Waals surface area contributed by atoms with Crippen molar-refractivity contribution in [3.8, 4) is 17.2 Å². The Bertz CT molecular complexity index is 785. The van der Waals surface area contributed by atoms with Gasteiger partial charge in [0, 0.05) is 5.69 Å². The minimum atomic E-state index is -0.282. The van der Waals surface area contributed by atoms with E-state index in [1.54, 1.807) is 21.3 Å². The SMILES string of the molecule is COc1ccc(OC)c(CC2C(=O)Nc3cc(C)c(OC)cc32)c1. The van der Waals surface area contributed by atoms with E-state index in [0.717, 1.165) is 39.6 Å². The van der Waals surface area contributed by atoms with Crippen molar-refractivity contribution in [3.05, 3.63) is 47.0 Å². The molecular formula is C19H21NO4. The molecule has 24 heavy (non-hydrogen) atoms. The van der Waals surface area contributed by atoms with Crippen LogP contribution in [0.1, 0.15) is 22.6 Å². The Morgan fingerprint density at radius 3 is 2.42 bits per heavy atom. The minimum Gasteiger partial charge on any atom is -0.497 e. The van der Waals surface area contributed by atoms with E-state index in [-0.39, 0.29) is 11.8 Å². The van der Waals surface area contributed by atoms with Crippen LogP contribution in [-0.4, -0.2) is 27.2 Å². The molecule has 1 unspecified atom stereocenters. The molecule has 0 aromatic heterocycles. The average molecular weight is 327 g/mol. The van der Waals surface area contributed by atoms with Gasteiger partial charge in [0.25, 0.3) is 0 Å².